The van der Waals surface area contributed by atoms with Crippen molar-refractivity contribution in [3.05, 3.63) is 54.1 Å². The molecule has 0 heterocycles. The highest BCUT2D eigenvalue weighted by Gasteiger charge is 2.12. The minimum Gasteiger partial charge on any atom is -0.490 e. The quantitative estimate of drug-likeness (QED) is 0.425. The molecule has 0 spiro atoms. The molecule has 2 amide bonds. The Bertz CT molecular complexity index is 791. The van der Waals surface area contributed by atoms with Crippen molar-refractivity contribution in [3.8, 4) is 11.5 Å². The first-order chi connectivity index (χ1) is 13.1. The van der Waals surface area contributed by atoms with E-state index in [4.69, 9.17) is 9.47 Å². The molecule has 0 bridgehead atoms. The van der Waals surface area contributed by atoms with E-state index >= 15 is 0 Å². The van der Waals surface area contributed by atoms with Crippen molar-refractivity contribution >= 4 is 23.7 Å². The average molecular weight is 369 g/mol. The Kier molecular flexibility index (Phi) is 7.84. The molecule has 7 nitrogen and oxygen atoms in total. The number of hydrogen-bond donors (Lipinski definition) is 2. The van der Waals surface area contributed by atoms with Gasteiger partial charge in [0, 0.05) is 5.69 Å². The zero-order valence-electron chi connectivity index (χ0n) is 15.4. The Morgan fingerprint density at radius 1 is 1.00 bits per heavy atom. The van der Waals surface area contributed by atoms with Gasteiger partial charge in [0.05, 0.1) is 19.4 Å². The highest BCUT2D eigenvalue weighted by molar-refractivity contribution is 6.39. The number of para-hydroxylation sites is 1. The van der Waals surface area contributed by atoms with Gasteiger partial charge < -0.3 is 14.8 Å². The summed E-state index contributed by atoms with van der Waals surface area (Å²) >= 11 is 0. The lowest BCUT2D eigenvalue weighted by Crippen LogP contribution is -2.32. The molecule has 0 aliphatic heterocycles. The molecule has 0 aliphatic carbocycles. The van der Waals surface area contributed by atoms with E-state index in [-0.39, 0.29) is 0 Å². The summed E-state index contributed by atoms with van der Waals surface area (Å²) in [5.74, 6) is -0.398. The average Bonchev–Trinajstić information content (AvgIpc) is 2.68. The van der Waals surface area contributed by atoms with Gasteiger partial charge in [-0.05, 0) is 49.2 Å². The Labute approximate surface area is 158 Å². The van der Waals surface area contributed by atoms with E-state index in [9.17, 15) is 9.59 Å². The maximum atomic E-state index is 11.8. The van der Waals surface area contributed by atoms with Gasteiger partial charge in [0.15, 0.2) is 11.5 Å². The van der Waals surface area contributed by atoms with Crippen LogP contribution in [0, 0.1) is 0 Å². The van der Waals surface area contributed by atoms with Crippen LogP contribution in [0.15, 0.2) is 53.6 Å². The third-order valence-electron chi connectivity index (χ3n) is 3.35. The first kappa shape index (κ1) is 20.0. The number of benzene rings is 2. The lowest BCUT2D eigenvalue weighted by Gasteiger charge is -2.11. The number of nitrogens with one attached hydrogen (secondary N) is 2. The van der Waals surface area contributed by atoms with Crippen molar-refractivity contribution in [2.24, 2.45) is 5.10 Å². The van der Waals surface area contributed by atoms with Crippen LogP contribution in [-0.4, -0.2) is 31.2 Å². The lowest BCUT2D eigenvalue weighted by molar-refractivity contribution is -0.136. The Hall–Kier alpha value is -3.35. The standard InChI is InChI=1S/C20H23N3O4/c1-3-12-27-17-11-10-15(13-18(17)26-4-2)14-21-23-20(25)19(24)22-16-8-6-5-7-9-16/h5-11,13-14H,3-4,12H2,1-2H3,(H,22,24)(H,23,25)/b21-14-. The van der Waals surface area contributed by atoms with E-state index in [1.165, 1.54) is 6.21 Å². The third kappa shape index (κ3) is 6.47. The maximum absolute atomic E-state index is 11.8. The SMILES string of the molecule is CCCOc1ccc(/C=N\NC(=O)C(=O)Nc2ccccc2)cc1OCC. The molecule has 0 saturated carbocycles. The second-order valence-electron chi connectivity index (χ2n) is 5.51. The number of rotatable bonds is 8. The van der Waals surface area contributed by atoms with Crippen molar-refractivity contribution < 1.29 is 19.1 Å². The zero-order valence-corrected chi connectivity index (χ0v) is 15.4. The smallest absolute Gasteiger partial charge is 0.329 e. The lowest BCUT2D eigenvalue weighted by atomic mass is 10.2. The molecule has 27 heavy (non-hydrogen) atoms. The molecular formula is C20H23N3O4. The minimum absolute atomic E-state index is 0.499. The van der Waals surface area contributed by atoms with Crippen LogP contribution in [0.25, 0.3) is 0 Å². The molecule has 0 atom stereocenters. The number of carbonyl (C=O) groups excluding carboxylic acids is 2. The van der Waals surface area contributed by atoms with Gasteiger partial charge in [-0.2, -0.15) is 5.10 Å². The number of hydrogen-bond acceptors (Lipinski definition) is 5. The van der Waals surface area contributed by atoms with Gasteiger partial charge in [0.2, 0.25) is 0 Å². The van der Waals surface area contributed by atoms with Gasteiger partial charge in [0.1, 0.15) is 0 Å². The normalized spacial score (nSPS) is 10.4. The van der Waals surface area contributed by atoms with E-state index in [1.54, 1.807) is 42.5 Å². The molecule has 2 aromatic carbocycles. The van der Waals surface area contributed by atoms with Gasteiger partial charge in [-0.15, -0.1) is 0 Å². The fourth-order valence-electron chi connectivity index (χ4n) is 2.13. The van der Waals surface area contributed by atoms with Gasteiger partial charge in [-0.25, -0.2) is 5.43 Å². The molecule has 0 fully saturated rings. The number of ether oxygens (including phenoxy) is 2. The molecule has 2 aromatic rings. The van der Waals surface area contributed by atoms with Crippen LogP contribution < -0.4 is 20.2 Å². The van der Waals surface area contributed by atoms with Crippen molar-refractivity contribution in [1.29, 1.82) is 0 Å². The first-order valence-corrected chi connectivity index (χ1v) is 8.73. The third-order valence-corrected chi connectivity index (χ3v) is 3.35. The summed E-state index contributed by atoms with van der Waals surface area (Å²) in [6.45, 7) is 5.01. The summed E-state index contributed by atoms with van der Waals surface area (Å²) in [5, 5.41) is 6.30. The number of hydrazone groups is 1. The summed E-state index contributed by atoms with van der Waals surface area (Å²) in [7, 11) is 0. The molecule has 2 rings (SSSR count). The van der Waals surface area contributed by atoms with Crippen molar-refractivity contribution in [2.75, 3.05) is 18.5 Å². The van der Waals surface area contributed by atoms with E-state index in [0.717, 1.165) is 6.42 Å². The first-order valence-electron chi connectivity index (χ1n) is 8.73. The van der Waals surface area contributed by atoms with Crippen LogP contribution in [0.4, 0.5) is 5.69 Å². The molecule has 0 radical (unpaired) electrons. The fourth-order valence-corrected chi connectivity index (χ4v) is 2.13. The molecule has 0 aliphatic rings. The van der Waals surface area contributed by atoms with E-state index in [2.05, 4.69) is 15.8 Å². The van der Waals surface area contributed by atoms with Crippen LogP contribution in [0.3, 0.4) is 0 Å². The number of carbonyl (C=O) groups is 2. The predicted molar refractivity (Wildman–Crippen MR) is 104 cm³/mol. The Morgan fingerprint density at radius 3 is 2.48 bits per heavy atom. The second-order valence-corrected chi connectivity index (χ2v) is 5.51. The van der Waals surface area contributed by atoms with Crippen LogP contribution in [0.1, 0.15) is 25.8 Å². The van der Waals surface area contributed by atoms with Gasteiger partial charge in [-0.1, -0.05) is 25.1 Å². The largest absolute Gasteiger partial charge is 0.490 e. The summed E-state index contributed by atoms with van der Waals surface area (Å²) in [6, 6.07) is 14.0. The number of amides is 2. The second kappa shape index (κ2) is 10.6. The molecular weight excluding hydrogens is 346 g/mol. The Morgan fingerprint density at radius 2 is 1.78 bits per heavy atom. The highest BCUT2D eigenvalue weighted by atomic mass is 16.5. The summed E-state index contributed by atoms with van der Waals surface area (Å²) in [4.78, 5) is 23.6. The number of anilines is 1. The number of nitrogens with zero attached hydrogens (tertiary/aromatic N) is 1. The van der Waals surface area contributed by atoms with Gasteiger partial charge in [-0.3, -0.25) is 9.59 Å². The van der Waals surface area contributed by atoms with E-state index < -0.39 is 11.8 Å². The molecule has 0 aromatic heterocycles. The van der Waals surface area contributed by atoms with E-state index in [1.807, 2.05) is 19.9 Å². The maximum Gasteiger partial charge on any atom is 0.329 e. The zero-order chi connectivity index (χ0) is 19.5. The van der Waals surface area contributed by atoms with Gasteiger partial charge in [0.25, 0.3) is 0 Å². The summed E-state index contributed by atoms with van der Waals surface area (Å²) in [6.07, 6.45) is 2.33. The Balaban J connectivity index is 1.95. The summed E-state index contributed by atoms with van der Waals surface area (Å²) in [5.41, 5.74) is 3.43. The minimum atomic E-state index is -0.858. The van der Waals surface area contributed by atoms with Crippen molar-refractivity contribution in [3.63, 3.8) is 0 Å². The molecule has 0 saturated heterocycles. The van der Waals surface area contributed by atoms with Crippen LogP contribution >= 0.6 is 0 Å². The predicted octanol–water partition coefficient (Wildman–Crippen LogP) is 2.96. The van der Waals surface area contributed by atoms with Gasteiger partial charge >= 0.3 is 11.8 Å². The molecule has 2 N–H and O–H groups in total. The highest BCUT2D eigenvalue weighted by Crippen LogP contribution is 2.28. The van der Waals surface area contributed by atoms with Crippen molar-refractivity contribution in [1.82, 2.24) is 5.43 Å². The molecule has 7 heteroatoms. The van der Waals surface area contributed by atoms with Crippen molar-refractivity contribution in [2.45, 2.75) is 20.3 Å². The van der Waals surface area contributed by atoms with Crippen LogP contribution in [0.2, 0.25) is 0 Å². The van der Waals surface area contributed by atoms with Crippen LogP contribution in [0.5, 0.6) is 11.5 Å². The molecule has 142 valence electrons. The molecule has 0 unspecified atom stereocenters. The van der Waals surface area contributed by atoms with Crippen LogP contribution in [-0.2, 0) is 9.59 Å². The van der Waals surface area contributed by atoms with E-state index in [0.29, 0.717) is 36.0 Å². The fraction of sp³-hybridized carbons (Fsp3) is 0.250. The summed E-state index contributed by atoms with van der Waals surface area (Å²) < 4.78 is 11.2. The topological polar surface area (TPSA) is 89.0 Å². The monoisotopic (exact) mass is 369 g/mol.